The monoisotopic (exact) mass is 385 g/mol. The lowest BCUT2D eigenvalue weighted by Gasteiger charge is -2.14. The van der Waals surface area contributed by atoms with Gasteiger partial charge in [0.1, 0.15) is 5.75 Å². The second kappa shape index (κ2) is 7.72. The summed E-state index contributed by atoms with van der Waals surface area (Å²) < 4.78 is 5.34. The number of carbonyl (C=O) groups is 2. The number of esters is 1. The normalized spacial score (nSPS) is 15.6. The van der Waals surface area contributed by atoms with Crippen molar-refractivity contribution in [3.63, 3.8) is 0 Å². The summed E-state index contributed by atoms with van der Waals surface area (Å²) in [5.41, 5.74) is 1.53. The van der Waals surface area contributed by atoms with E-state index in [1.807, 2.05) is 0 Å². The molecule has 0 saturated carbocycles. The van der Waals surface area contributed by atoms with E-state index in [2.05, 4.69) is 0 Å². The molecule has 0 aromatic heterocycles. The van der Waals surface area contributed by atoms with Gasteiger partial charge >= 0.3 is 5.97 Å². The molecule has 1 aliphatic rings. The summed E-state index contributed by atoms with van der Waals surface area (Å²) >= 11 is 6.49. The zero-order valence-corrected chi connectivity index (χ0v) is 15.5. The van der Waals surface area contributed by atoms with Crippen LogP contribution in [-0.2, 0) is 9.53 Å². The Hall–Kier alpha value is -2.64. The van der Waals surface area contributed by atoms with E-state index in [-0.39, 0.29) is 11.7 Å². The molecule has 2 aromatic carbocycles. The predicted octanol–water partition coefficient (Wildman–Crippen LogP) is 3.97. The Labute approximate surface area is 160 Å². The summed E-state index contributed by atoms with van der Waals surface area (Å²) in [6, 6.07) is 13.3. The van der Waals surface area contributed by atoms with E-state index in [1.54, 1.807) is 61.5 Å². The Morgan fingerprint density at radius 1 is 1.23 bits per heavy atom. The van der Waals surface area contributed by atoms with Crippen LogP contribution >= 0.6 is 24.0 Å². The molecule has 0 aliphatic carbocycles. The number of thioether (sulfide) groups is 1. The highest BCUT2D eigenvalue weighted by Gasteiger charge is 2.33. The molecule has 0 atom stereocenters. The Morgan fingerprint density at radius 2 is 1.92 bits per heavy atom. The van der Waals surface area contributed by atoms with Crippen molar-refractivity contribution in [2.75, 3.05) is 11.5 Å². The molecule has 0 unspecified atom stereocenters. The minimum Gasteiger partial charge on any atom is -0.507 e. The van der Waals surface area contributed by atoms with Gasteiger partial charge in [-0.2, -0.15) is 0 Å². The zero-order chi connectivity index (χ0) is 18.7. The molecule has 7 heteroatoms. The summed E-state index contributed by atoms with van der Waals surface area (Å²) in [7, 11) is 0. The maximum atomic E-state index is 12.7. The minimum atomic E-state index is -0.413. The van der Waals surface area contributed by atoms with Crippen molar-refractivity contribution in [2.45, 2.75) is 6.92 Å². The van der Waals surface area contributed by atoms with Gasteiger partial charge in [0.2, 0.25) is 0 Å². The van der Waals surface area contributed by atoms with Crippen LogP contribution in [0.5, 0.6) is 5.75 Å². The number of anilines is 1. The third-order valence-electron chi connectivity index (χ3n) is 3.65. The second-order valence-corrected chi connectivity index (χ2v) is 7.02. The number of para-hydroxylation sites is 1. The second-order valence-electron chi connectivity index (χ2n) is 5.34. The van der Waals surface area contributed by atoms with Gasteiger partial charge in [0.15, 0.2) is 4.32 Å². The van der Waals surface area contributed by atoms with Crippen molar-refractivity contribution in [1.82, 2.24) is 0 Å². The zero-order valence-electron chi connectivity index (χ0n) is 13.8. The van der Waals surface area contributed by atoms with Gasteiger partial charge in [0.25, 0.3) is 5.91 Å². The van der Waals surface area contributed by atoms with Crippen LogP contribution in [0.3, 0.4) is 0 Å². The molecule has 2 aromatic rings. The number of hydrogen-bond donors (Lipinski definition) is 1. The maximum Gasteiger partial charge on any atom is 0.338 e. The molecule has 26 heavy (non-hydrogen) atoms. The first kappa shape index (κ1) is 18.2. The number of phenols is 1. The highest BCUT2D eigenvalue weighted by Crippen LogP contribution is 2.37. The fourth-order valence-electron chi connectivity index (χ4n) is 2.40. The molecule has 5 nitrogen and oxygen atoms in total. The molecule has 1 fully saturated rings. The fourth-order valence-corrected chi connectivity index (χ4v) is 3.69. The molecule has 1 amide bonds. The van der Waals surface area contributed by atoms with Gasteiger partial charge in [-0.05, 0) is 43.3 Å². The van der Waals surface area contributed by atoms with Crippen LogP contribution in [0.25, 0.3) is 6.08 Å². The average Bonchev–Trinajstić information content (AvgIpc) is 2.91. The first-order chi connectivity index (χ1) is 12.5. The van der Waals surface area contributed by atoms with Crippen LogP contribution in [-0.4, -0.2) is 27.9 Å². The number of ether oxygens (including phenoxy) is 1. The van der Waals surface area contributed by atoms with E-state index in [0.717, 1.165) is 11.8 Å². The topological polar surface area (TPSA) is 66.8 Å². The molecule has 1 N–H and O–H groups in total. The van der Waals surface area contributed by atoms with Gasteiger partial charge in [-0.25, -0.2) is 4.79 Å². The van der Waals surface area contributed by atoms with Crippen LogP contribution in [0, 0.1) is 0 Å². The molecule has 3 rings (SSSR count). The largest absolute Gasteiger partial charge is 0.507 e. The lowest BCUT2D eigenvalue weighted by molar-refractivity contribution is -0.113. The lowest BCUT2D eigenvalue weighted by Crippen LogP contribution is -2.27. The number of thiocarbonyl (C=S) groups is 1. The molecule has 0 spiro atoms. The number of phenolic OH excluding ortho intramolecular Hbond substituents is 1. The Morgan fingerprint density at radius 3 is 2.58 bits per heavy atom. The van der Waals surface area contributed by atoms with Crippen LogP contribution in [0.2, 0.25) is 0 Å². The van der Waals surface area contributed by atoms with Crippen molar-refractivity contribution >= 4 is 51.9 Å². The average molecular weight is 385 g/mol. The van der Waals surface area contributed by atoms with E-state index < -0.39 is 5.97 Å². The molecule has 0 radical (unpaired) electrons. The van der Waals surface area contributed by atoms with Gasteiger partial charge in [-0.15, -0.1) is 0 Å². The van der Waals surface area contributed by atoms with Crippen molar-refractivity contribution < 1.29 is 19.4 Å². The molecular weight excluding hydrogens is 370 g/mol. The van der Waals surface area contributed by atoms with E-state index in [9.17, 15) is 14.7 Å². The van der Waals surface area contributed by atoms with Gasteiger partial charge in [-0.1, -0.05) is 42.2 Å². The number of nitrogens with zero attached hydrogens (tertiary/aromatic N) is 1. The smallest absolute Gasteiger partial charge is 0.338 e. The fraction of sp³-hybridized carbons (Fsp3) is 0.105. The molecule has 0 bridgehead atoms. The standard InChI is InChI=1S/C19H15NO4S2/c1-2-24-18(23)12-7-9-14(10-8-12)20-17(22)16(26-19(20)25)11-13-5-3-4-6-15(13)21/h3-11,21H,2H2,1H3/b16-11-. The van der Waals surface area contributed by atoms with Gasteiger partial charge < -0.3 is 9.84 Å². The highest BCUT2D eigenvalue weighted by atomic mass is 32.2. The maximum absolute atomic E-state index is 12.7. The number of carbonyl (C=O) groups excluding carboxylic acids is 2. The van der Waals surface area contributed by atoms with Crippen molar-refractivity contribution in [3.05, 3.63) is 64.6 Å². The number of hydrogen-bond acceptors (Lipinski definition) is 6. The minimum absolute atomic E-state index is 0.0940. The van der Waals surface area contributed by atoms with Crippen LogP contribution in [0.15, 0.2) is 53.4 Å². The van der Waals surface area contributed by atoms with Crippen LogP contribution < -0.4 is 4.90 Å². The quantitative estimate of drug-likeness (QED) is 0.488. The van der Waals surface area contributed by atoms with E-state index in [1.165, 1.54) is 4.90 Å². The molecule has 1 saturated heterocycles. The van der Waals surface area contributed by atoms with Crippen molar-refractivity contribution in [1.29, 1.82) is 0 Å². The summed E-state index contributed by atoms with van der Waals surface area (Å²) in [5, 5.41) is 9.88. The lowest BCUT2D eigenvalue weighted by atomic mass is 10.1. The first-order valence-corrected chi connectivity index (χ1v) is 9.07. The number of amides is 1. The van der Waals surface area contributed by atoms with Crippen LogP contribution in [0.4, 0.5) is 5.69 Å². The number of aromatic hydroxyl groups is 1. The summed E-state index contributed by atoms with van der Waals surface area (Å²) in [4.78, 5) is 26.3. The Kier molecular flexibility index (Phi) is 5.39. The van der Waals surface area contributed by atoms with Crippen LogP contribution in [0.1, 0.15) is 22.8 Å². The molecule has 132 valence electrons. The van der Waals surface area contributed by atoms with Gasteiger partial charge in [0.05, 0.1) is 22.8 Å². The van der Waals surface area contributed by atoms with E-state index in [0.29, 0.717) is 32.6 Å². The first-order valence-electron chi connectivity index (χ1n) is 7.84. The highest BCUT2D eigenvalue weighted by molar-refractivity contribution is 8.27. The number of benzene rings is 2. The summed E-state index contributed by atoms with van der Waals surface area (Å²) in [6.45, 7) is 2.04. The van der Waals surface area contributed by atoms with E-state index in [4.69, 9.17) is 17.0 Å². The third-order valence-corrected chi connectivity index (χ3v) is 4.96. The van der Waals surface area contributed by atoms with Crippen molar-refractivity contribution in [3.8, 4) is 5.75 Å². The van der Waals surface area contributed by atoms with Gasteiger partial charge in [0, 0.05) is 5.56 Å². The molecule has 1 heterocycles. The predicted molar refractivity (Wildman–Crippen MR) is 106 cm³/mol. The Balaban J connectivity index is 1.85. The SMILES string of the molecule is CCOC(=O)c1ccc(N2C(=O)/C(=C/c3ccccc3O)SC2=S)cc1. The summed E-state index contributed by atoms with van der Waals surface area (Å²) in [5.74, 6) is -0.590. The van der Waals surface area contributed by atoms with E-state index >= 15 is 0 Å². The summed E-state index contributed by atoms with van der Waals surface area (Å²) in [6.07, 6.45) is 1.61. The Bertz CT molecular complexity index is 906. The molecular formula is C19H15NO4S2. The number of rotatable bonds is 4. The third kappa shape index (κ3) is 3.63. The molecule has 1 aliphatic heterocycles. The van der Waals surface area contributed by atoms with Gasteiger partial charge in [-0.3, -0.25) is 9.69 Å². The van der Waals surface area contributed by atoms with Crippen molar-refractivity contribution in [2.24, 2.45) is 0 Å².